The molecule has 0 radical (unpaired) electrons. The van der Waals surface area contributed by atoms with Gasteiger partial charge in [0.05, 0.1) is 10.8 Å². The quantitative estimate of drug-likeness (QED) is 0.595. The lowest BCUT2D eigenvalue weighted by molar-refractivity contribution is 0.688. The highest BCUT2D eigenvalue weighted by atomic mass is 32.2. The summed E-state index contributed by atoms with van der Waals surface area (Å²) in [6.07, 6.45) is 6.94. The molecule has 0 aromatic heterocycles. The molecule has 0 heterocycles. The molecule has 0 amide bonds. The van der Waals surface area contributed by atoms with Crippen LogP contribution in [0.4, 0.5) is 0 Å². The van der Waals surface area contributed by atoms with Gasteiger partial charge in [-0.1, -0.05) is 44.9 Å². The highest BCUT2D eigenvalue weighted by Crippen LogP contribution is 2.14. The van der Waals surface area contributed by atoms with Crippen LogP contribution in [0.25, 0.3) is 0 Å². The molecular weight excluding hydrogens is 252 g/mol. The standard InChI is InChI=1S/C17H24OS/c1-3-5-10-16(11-6-4-2)14-15-19(18)17-12-8-7-9-13-17/h7-9,12-13,15H,3-6,10-11H2,1-2H3. The van der Waals surface area contributed by atoms with Crippen molar-refractivity contribution in [2.75, 3.05) is 0 Å². The Labute approximate surface area is 119 Å². The molecule has 0 saturated heterocycles. The topological polar surface area (TPSA) is 17.1 Å². The summed E-state index contributed by atoms with van der Waals surface area (Å²) in [5.74, 6) is 0. The second-order valence-electron chi connectivity index (χ2n) is 4.68. The van der Waals surface area contributed by atoms with Gasteiger partial charge >= 0.3 is 0 Å². The summed E-state index contributed by atoms with van der Waals surface area (Å²) in [4.78, 5) is 0.848. The van der Waals surface area contributed by atoms with Crippen LogP contribution in [-0.2, 0) is 10.8 Å². The van der Waals surface area contributed by atoms with Gasteiger partial charge in [0, 0.05) is 10.3 Å². The second kappa shape index (κ2) is 9.77. The van der Waals surface area contributed by atoms with E-state index in [2.05, 4.69) is 19.6 Å². The van der Waals surface area contributed by atoms with Gasteiger partial charge in [-0.15, -0.1) is 5.73 Å². The van der Waals surface area contributed by atoms with Crippen LogP contribution in [0.2, 0.25) is 0 Å². The molecule has 104 valence electrons. The maximum atomic E-state index is 12.1. The number of hydrogen-bond donors (Lipinski definition) is 0. The van der Waals surface area contributed by atoms with Gasteiger partial charge in [0.2, 0.25) is 0 Å². The highest BCUT2D eigenvalue weighted by Gasteiger charge is 1.99. The summed E-state index contributed by atoms with van der Waals surface area (Å²) < 4.78 is 12.1. The van der Waals surface area contributed by atoms with Crippen LogP contribution < -0.4 is 0 Å². The Hall–Kier alpha value is -1.11. The van der Waals surface area contributed by atoms with Crippen molar-refractivity contribution in [3.05, 3.63) is 47.0 Å². The SMILES string of the molecule is CCCCC(=C=CS(=O)c1ccccc1)CCCC. The predicted molar refractivity (Wildman–Crippen MR) is 83.5 cm³/mol. The van der Waals surface area contributed by atoms with E-state index >= 15 is 0 Å². The van der Waals surface area contributed by atoms with E-state index in [0.717, 1.165) is 17.7 Å². The summed E-state index contributed by atoms with van der Waals surface area (Å²) in [6.45, 7) is 4.40. The van der Waals surface area contributed by atoms with Gasteiger partial charge < -0.3 is 0 Å². The third-order valence-corrected chi connectivity index (χ3v) is 4.08. The molecular formula is C17H24OS. The average molecular weight is 276 g/mol. The molecule has 0 spiro atoms. The van der Waals surface area contributed by atoms with E-state index in [1.54, 1.807) is 5.41 Å². The van der Waals surface area contributed by atoms with E-state index in [4.69, 9.17) is 0 Å². The van der Waals surface area contributed by atoms with Crippen LogP contribution in [0, 0.1) is 0 Å². The molecule has 0 aliphatic rings. The van der Waals surface area contributed by atoms with Crippen LogP contribution in [0.15, 0.2) is 51.9 Å². The van der Waals surface area contributed by atoms with Gasteiger partial charge in [0.1, 0.15) is 0 Å². The molecule has 0 bridgehead atoms. The van der Waals surface area contributed by atoms with E-state index in [1.807, 2.05) is 30.3 Å². The molecule has 1 unspecified atom stereocenters. The summed E-state index contributed by atoms with van der Waals surface area (Å²) in [7, 11) is -1.07. The first kappa shape index (κ1) is 15.9. The predicted octanol–water partition coefficient (Wildman–Crippen LogP) is 5.21. The van der Waals surface area contributed by atoms with Crippen molar-refractivity contribution in [3.8, 4) is 0 Å². The Morgan fingerprint density at radius 2 is 1.68 bits per heavy atom. The molecule has 0 aliphatic heterocycles. The zero-order valence-electron chi connectivity index (χ0n) is 12.0. The Bertz CT molecular complexity index is 432. The van der Waals surface area contributed by atoms with Crippen LogP contribution in [0.5, 0.6) is 0 Å². The molecule has 1 atom stereocenters. The third-order valence-electron chi connectivity index (χ3n) is 3.01. The molecule has 19 heavy (non-hydrogen) atoms. The summed E-state index contributed by atoms with van der Waals surface area (Å²) in [5.41, 5.74) is 4.59. The van der Waals surface area contributed by atoms with E-state index < -0.39 is 10.8 Å². The Morgan fingerprint density at radius 1 is 1.11 bits per heavy atom. The molecule has 2 heteroatoms. The molecule has 1 nitrogen and oxygen atoms in total. The molecule has 1 aromatic carbocycles. The Balaban J connectivity index is 2.75. The van der Waals surface area contributed by atoms with Crippen molar-refractivity contribution in [2.24, 2.45) is 0 Å². The first-order chi connectivity index (χ1) is 9.27. The van der Waals surface area contributed by atoms with Crippen molar-refractivity contribution in [1.29, 1.82) is 0 Å². The van der Waals surface area contributed by atoms with Crippen molar-refractivity contribution in [1.82, 2.24) is 0 Å². The number of hydrogen-bond acceptors (Lipinski definition) is 1. The number of benzene rings is 1. The first-order valence-electron chi connectivity index (χ1n) is 7.18. The fraction of sp³-hybridized carbons (Fsp3) is 0.471. The van der Waals surface area contributed by atoms with Gasteiger partial charge in [-0.05, 0) is 43.4 Å². The summed E-state index contributed by atoms with van der Waals surface area (Å²) in [6, 6.07) is 9.56. The molecule has 0 aliphatic carbocycles. The van der Waals surface area contributed by atoms with Gasteiger partial charge in [-0.25, -0.2) is 4.21 Å². The van der Waals surface area contributed by atoms with Crippen molar-refractivity contribution in [3.63, 3.8) is 0 Å². The van der Waals surface area contributed by atoms with E-state index in [9.17, 15) is 4.21 Å². The Morgan fingerprint density at radius 3 is 2.21 bits per heavy atom. The minimum atomic E-state index is -1.07. The van der Waals surface area contributed by atoms with Gasteiger partial charge in [0.25, 0.3) is 0 Å². The van der Waals surface area contributed by atoms with Gasteiger partial charge in [0.15, 0.2) is 0 Å². The summed E-state index contributed by atoms with van der Waals surface area (Å²) >= 11 is 0. The second-order valence-corrected chi connectivity index (χ2v) is 5.99. The molecule has 1 aromatic rings. The number of allylic oxidation sites excluding steroid dienone is 1. The first-order valence-corrected chi connectivity index (χ1v) is 8.39. The highest BCUT2D eigenvalue weighted by molar-refractivity contribution is 7.88. The monoisotopic (exact) mass is 276 g/mol. The zero-order valence-corrected chi connectivity index (χ0v) is 12.8. The maximum absolute atomic E-state index is 12.1. The largest absolute Gasteiger partial charge is 0.249 e. The van der Waals surface area contributed by atoms with E-state index in [1.165, 1.54) is 31.3 Å². The minimum Gasteiger partial charge on any atom is -0.249 e. The van der Waals surface area contributed by atoms with Crippen molar-refractivity contribution < 1.29 is 4.21 Å². The number of unbranched alkanes of at least 4 members (excludes halogenated alkanes) is 2. The van der Waals surface area contributed by atoms with Crippen LogP contribution in [0.1, 0.15) is 52.4 Å². The van der Waals surface area contributed by atoms with Crippen LogP contribution in [-0.4, -0.2) is 4.21 Å². The van der Waals surface area contributed by atoms with Gasteiger partial charge in [-0.3, -0.25) is 0 Å². The lowest BCUT2D eigenvalue weighted by Crippen LogP contribution is -1.86. The molecule has 0 N–H and O–H groups in total. The van der Waals surface area contributed by atoms with E-state index in [0.29, 0.717) is 0 Å². The number of rotatable bonds is 8. The Kier molecular flexibility index (Phi) is 8.20. The van der Waals surface area contributed by atoms with E-state index in [-0.39, 0.29) is 0 Å². The van der Waals surface area contributed by atoms with Gasteiger partial charge in [-0.2, -0.15) is 0 Å². The average Bonchev–Trinajstić information content (AvgIpc) is 2.47. The van der Waals surface area contributed by atoms with Crippen molar-refractivity contribution >= 4 is 10.8 Å². The maximum Gasteiger partial charge on any atom is 0.0854 e. The molecule has 0 saturated carbocycles. The van der Waals surface area contributed by atoms with Crippen molar-refractivity contribution in [2.45, 2.75) is 57.3 Å². The molecule has 1 rings (SSSR count). The smallest absolute Gasteiger partial charge is 0.0854 e. The zero-order chi connectivity index (χ0) is 13.9. The van der Waals surface area contributed by atoms with Crippen LogP contribution >= 0.6 is 0 Å². The lowest BCUT2D eigenvalue weighted by atomic mass is 10.0. The summed E-state index contributed by atoms with van der Waals surface area (Å²) in [5, 5.41) is 1.72. The fourth-order valence-corrected chi connectivity index (χ4v) is 2.64. The fourth-order valence-electron chi connectivity index (χ4n) is 1.81. The minimum absolute atomic E-state index is 0.848. The lowest BCUT2D eigenvalue weighted by Gasteiger charge is -2.02. The third kappa shape index (κ3) is 6.56. The molecule has 0 fully saturated rings. The van der Waals surface area contributed by atoms with Crippen LogP contribution in [0.3, 0.4) is 0 Å². The normalized spacial score (nSPS) is 11.7.